The minimum absolute atomic E-state index is 0.0324. The summed E-state index contributed by atoms with van der Waals surface area (Å²) >= 11 is 1.45. The van der Waals surface area contributed by atoms with Crippen molar-refractivity contribution >= 4 is 39.3 Å². The topological polar surface area (TPSA) is 111 Å². The van der Waals surface area contributed by atoms with E-state index < -0.39 is 22.0 Å². The van der Waals surface area contributed by atoms with Crippen molar-refractivity contribution < 1.29 is 18.0 Å². The zero-order valence-corrected chi connectivity index (χ0v) is 19.6. The number of rotatable bonds is 6. The number of benzene rings is 2. The molecule has 0 aliphatic carbocycles. The molecule has 8 nitrogen and oxygen atoms in total. The van der Waals surface area contributed by atoms with E-state index in [-0.39, 0.29) is 22.4 Å². The second kappa shape index (κ2) is 9.73. The standard InChI is InChI=1S/C22H24N4O4S2/c1-15(2)25(3)32(29,30)19-6-4-5-17(11-19)22(28)26-14-31-13-20(26)21(27)24-18-9-7-16(12-23)8-10-18/h4-11,15,20H,13-14H2,1-3H3,(H,24,27). The highest BCUT2D eigenvalue weighted by molar-refractivity contribution is 7.99. The Hall–Kier alpha value is -2.87. The Morgan fingerprint density at radius 3 is 2.53 bits per heavy atom. The number of hydrogen-bond acceptors (Lipinski definition) is 6. The van der Waals surface area contributed by atoms with Crippen molar-refractivity contribution in [2.24, 2.45) is 0 Å². The maximum Gasteiger partial charge on any atom is 0.255 e. The van der Waals surface area contributed by atoms with Crippen molar-refractivity contribution in [1.82, 2.24) is 9.21 Å². The molecular weight excluding hydrogens is 448 g/mol. The van der Waals surface area contributed by atoms with Crippen LogP contribution in [-0.4, -0.2) is 60.2 Å². The van der Waals surface area contributed by atoms with Gasteiger partial charge in [0.1, 0.15) is 6.04 Å². The van der Waals surface area contributed by atoms with E-state index in [4.69, 9.17) is 5.26 Å². The SMILES string of the molecule is CC(C)N(C)S(=O)(=O)c1cccc(C(=O)N2CSCC2C(=O)Nc2ccc(C#N)cc2)c1. The van der Waals surface area contributed by atoms with Crippen LogP contribution in [0, 0.1) is 11.3 Å². The van der Waals surface area contributed by atoms with Gasteiger partial charge >= 0.3 is 0 Å². The second-order valence-corrected chi connectivity index (χ2v) is 10.6. The van der Waals surface area contributed by atoms with Crippen LogP contribution < -0.4 is 5.32 Å². The molecule has 0 aromatic heterocycles. The molecule has 1 atom stereocenters. The normalized spacial score (nSPS) is 16.2. The lowest BCUT2D eigenvalue weighted by atomic mass is 10.1. The Labute approximate surface area is 192 Å². The quantitative estimate of drug-likeness (QED) is 0.692. The number of carbonyl (C=O) groups excluding carboxylic acids is 2. The summed E-state index contributed by atoms with van der Waals surface area (Å²) in [6.45, 7) is 3.54. The fourth-order valence-corrected chi connectivity index (χ4v) is 5.68. The first-order chi connectivity index (χ1) is 15.1. The molecule has 1 fully saturated rings. The molecule has 3 rings (SSSR count). The Bertz CT molecular complexity index is 1160. The van der Waals surface area contributed by atoms with Crippen LogP contribution in [0.4, 0.5) is 5.69 Å². The molecule has 0 spiro atoms. The van der Waals surface area contributed by atoms with E-state index in [0.29, 0.717) is 22.9 Å². The zero-order chi connectivity index (χ0) is 23.5. The van der Waals surface area contributed by atoms with Crippen LogP contribution in [-0.2, 0) is 14.8 Å². The van der Waals surface area contributed by atoms with Gasteiger partial charge in [0.25, 0.3) is 5.91 Å². The lowest BCUT2D eigenvalue weighted by Crippen LogP contribution is -2.44. The third-order valence-corrected chi connectivity index (χ3v) is 8.25. The van der Waals surface area contributed by atoms with Gasteiger partial charge in [-0.05, 0) is 56.3 Å². The lowest BCUT2D eigenvalue weighted by molar-refractivity contribution is -0.119. The van der Waals surface area contributed by atoms with Crippen LogP contribution in [0.1, 0.15) is 29.8 Å². The summed E-state index contributed by atoms with van der Waals surface area (Å²) < 4.78 is 26.9. The molecule has 1 aliphatic rings. The molecule has 1 unspecified atom stereocenters. The number of nitriles is 1. The molecule has 1 N–H and O–H groups in total. The van der Waals surface area contributed by atoms with Crippen molar-refractivity contribution in [3.63, 3.8) is 0 Å². The molecule has 1 heterocycles. The predicted octanol–water partition coefficient (Wildman–Crippen LogP) is 2.74. The molecule has 0 bridgehead atoms. The molecular formula is C22H24N4O4S2. The number of nitrogens with one attached hydrogen (secondary N) is 1. The zero-order valence-electron chi connectivity index (χ0n) is 18.0. The van der Waals surface area contributed by atoms with Crippen LogP contribution in [0.15, 0.2) is 53.4 Å². The first kappa shape index (κ1) is 23.8. The summed E-state index contributed by atoms with van der Waals surface area (Å²) in [6.07, 6.45) is 0. The lowest BCUT2D eigenvalue weighted by Gasteiger charge is -2.24. The van der Waals surface area contributed by atoms with Gasteiger partial charge in [0.2, 0.25) is 15.9 Å². The van der Waals surface area contributed by atoms with Crippen LogP contribution in [0.5, 0.6) is 0 Å². The summed E-state index contributed by atoms with van der Waals surface area (Å²) in [5.74, 6) is 0.0188. The second-order valence-electron chi connectivity index (χ2n) is 7.61. The summed E-state index contributed by atoms with van der Waals surface area (Å²) in [5, 5.41) is 11.7. The summed E-state index contributed by atoms with van der Waals surface area (Å²) in [4.78, 5) is 27.5. The highest BCUT2D eigenvalue weighted by Crippen LogP contribution is 2.26. The first-order valence-corrected chi connectivity index (χ1v) is 12.5. The van der Waals surface area contributed by atoms with Crippen LogP contribution in [0.3, 0.4) is 0 Å². The highest BCUT2D eigenvalue weighted by Gasteiger charge is 2.35. The number of hydrogen-bond donors (Lipinski definition) is 1. The van der Waals surface area contributed by atoms with Crippen LogP contribution in [0.2, 0.25) is 0 Å². The number of amides is 2. The summed E-state index contributed by atoms with van der Waals surface area (Å²) in [6, 6.07) is 13.4. The van der Waals surface area contributed by atoms with E-state index in [1.807, 2.05) is 6.07 Å². The number of anilines is 1. The molecule has 2 aromatic rings. The number of nitrogens with zero attached hydrogens (tertiary/aromatic N) is 3. The maximum atomic E-state index is 13.2. The van der Waals surface area contributed by atoms with Crippen molar-refractivity contribution in [1.29, 1.82) is 5.26 Å². The molecule has 10 heteroatoms. The van der Waals surface area contributed by atoms with Gasteiger partial charge < -0.3 is 10.2 Å². The van der Waals surface area contributed by atoms with Gasteiger partial charge in [0, 0.05) is 30.1 Å². The number of thioether (sulfide) groups is 1. The van der Waals surface area contributed by atoms with Crippen LogP contribution >= 0.6 is 11.8 Å². The third kappa shape index (κ3) is 4.96. The predicted molar refractivity (Wildman–Crippen MR) is 124 cm³/mol. The van der Waals surface area contributed by atoms with Crippen molar-refractivity contribution in [2.45, 2.75) is 30.8 Å². The molecule has 0 saturated carbocycles. The van der Waals surface area contributed by atoms with E-state index in [9.17, 15) is 18.0 Å². The molecule has 0 radical (unpaired) electrons. The minimum atomic E-state index is -3.74. The van der Waals surface area contributed by atoms with E-state index >= 15 is 0 Å². The van der Waals surface area contributed by atoms with Crippen LogP contribution in [0.25, 0.3) is 0 Å². The average Bonchev–Trinajstić information content (AvgIpc) is 3.28. The summed E-state index contributed by atoms with van der Waals surface area (Å²) in [7, 11) is -2.24. The van der Waals surface area contributed by atoms with Gasteiger partial charge in [-0.15, -0.1) is 11.8 Å². The van der Waals surface area contributed by atoms with Gasteiger partial charge in [-0.25, -0.2) is 8.42 Å². The van der Waals surface area contributed by atoms with Crippen molar-refractivity contribution in [3.8, 4) is 6.07 Å². The van der Waals surface area contributed by atoms with Crippen molar-refractivity contribution in [2.75, 3.05) is 24.0 Å². The fourth-order valence-electron chi connectivity index (χ4n) is 3.11. The van der Waals surface area contributed by atoms with Gasteiger partial charge in [0.05, 0.1) is 22.4 Å². The van der Waals surface area contributed by atoms with E-state index in [1.54, 1.807) is 44.2 Å². The Balaban J connectivity index is 1.79. The minimum Gasteiger partial charge on any atom is -0.324 e. The average molecular weight is 473 g/mol. The Kier molecular flexibility index (Phi) is 7.23. The molecule has 1 aliphatic heterocycles. The summed E-state index contributed by atoms with van der Waals surface area (Å²) in [5.41, 5.74) is 1.22. The Morgan fingerprint density at radius 1 is 1.22 bits per heavy atom. The van der Waals surface area contributed by atoms with E-state index in [2.05, 4.69) is 5.32 Å². The monoisotopic (exact) mass is 472 g/mol. The number of sulfonamides is 1. The molecule has 2 aromatic carbocycles. The third-order valence-electron chi connectivity index (χ3n) is 5.21. The molecule has 2 amide bonds. The largest absolute Gasteiger partial charge is 0.324 e. The highest BCUT2D eigenvalue weighted by atomic mass is 32.2. The molecule has 32 heavy (non-hydrogen) atoms. The first-order valence-electron chi connectivity index (χ1n) is 9.93. The Morgan fingerprint density at radius 2 is 1.91 bits per heavy atom. The van der Waals surface area contributed by atoms with Crippen molar-refractivity contribution in [3.05, 3.63) is 59.7 Å². The smallest absolute Gasteiger partial charge is 0.255 e. The van der Waals surface area contributed by atoms with Gasteiger partial charge in [-0.2, -0.15) is 9.57 Å². The van der Waals surface area contributed by atoms with Gasteiger partial charge in [0.15, 0.2) is 0 Å². The fraction of sp³-hybridized carbons (Fsp3) is 0.318. The number of carbonyl (C=O) groups is 2. The maximum absolute atomic E-state index is 13.2. The molecule has 1 saturated heterocycles. The van der Waals surface area contributed by atoms with E-state index in [0.717, 1.165) is 0 Å². The molecule has 168 valence electrons. The van der Waals surface area contributed by atoms with Gasteiger partial charge in [-0.3, -0.25) is 9.59 Å². The van der Waals surface area contributed by atoms with Gasteiger partial charge in [-0.1, -0.05) is 6.07 Å². The van der Waals surface area contributed by atoms with E-state index in [1.165, 1.54) is 46.2 Å².